The van der Waals surface area contributed by atoms with E-state index in [1.807, 2.05) is 30.3 Å². The van der Waals surface area contributed by atoms with Crippen LogP contribution in [0.1, 0.15) is 57.8 Å². The smallest absolute Gasteiger partial charge is 0.274 e. The topological polar surface area (TPSA) is 158 Å². The minimum absolute atomic E-state index is 0.0107. The number of nitrogens with two attached hydrogens (primary N) is 1. The van der Waals surface area contributed by atoms with Gasteiger partial charge in [0.2, 0.25) is 5.91 Å². The van der Waals surface area contributed by atoms with Crippen molar-refractivity contribution in [3.63, 3.8) is 0 Å². The number of piperazine rings is 1. The zero-order chi connectivity index (χ0) is 41.0. The van der Waals surface area contributed by atoms with E-state index in [0.29, 0.717) is 85.0 Å². The monoisotopic (exact) mass is 820 g/mol. The number of rotatable bonds is 9. The van der Waals surface area contributed by atoms with Gasteiger partial charge in [-0.25, -0.2) is 14.5 Å². The van der Waals surface area contributed by atoms with Gasteiger partial charge in [-0.15, -0.1) is 0 Å². The number of aromatic amines is 1. The Kier molecular flexibility index (Phi) is 12.0. The van der Waals surface area contributed by atoms with Crippen LogP contribution >= 0.6 is 11.6 Å². The molecule has 3 N–H and O–H groups in total. The first-order valence-electron chi connectivity index (χ1n) is 20.1. The average Bonchev–Trinajstić information content (AvgIpc) is 3.26. The summed E-state index contributed by atoms with van der Waals surface area (Å²) >= 11 is 6.14. The lowest BCUT2D eigenvalue weighted by Gasteiger charge is -2.38. The van der Waals surface area contributed by atoms with Gasteiger partial charge < -0.3 is 25.2 Å². The molecule has 15 heteroatoms. The van der Waals surface area contributed by atoms with Gasteiger partial charge in [0.25, 0.3) is 17.4 Å². The molecule has 5 aromatic rings. The number of nitrogens with one attached hydrogen (secondary N) is 1. The number of likely N-dealkylation sites (tertiary alicyclic amines) is 2. The van der Waals surface area contributed by atoms with Crippen molar-refractivity contribution >= 4 is 45.8 Å². The number of fused-ring (bicyclic) bond motifs is 1. The molecule has 0 radical (unpaired) electrons. The zero-order valence-corrected chi connectivity index (χ0v) is 33.4. The van der Waals surface area contributed by atoms with Gasteiger partial charge in [0, 0.05) is 80.9 Å². The third-order valence-corrected chi connectivity index (χ3v) is 11.8. The van der Waals surface area contributed by atoms with Crippen LogP contribution in [-0.2, 0) is 16.0 Å². The number of carbonyl (C=O) groups is 3. The molecule has 3 amide bonds. The number of H-pyrrole nitrogens is 1. The van der Waals surface area contributed by atoms with Crippen molar-refractivity contribution < 1.29 is 23.5 Å². The summed E-state index contributed by atoms with van der Waals surface area (Å²) in [6, 6.07) is 20.8. The van der Waals surface area contributed by atoms with Gasteiger partial charge in [0.15, 0.2) is 5.69 Å². The zero-order valence-electron chi connectivity index (χ0n) is 32.6. The highest BCUT2D eigenvalue weighted by atomic mass is 35.5. The van der Waals surface area contributed by atoms with Crippen LogP contribution in [0.25, 0.3) is 21.9 Å². The summed E-state index contributed by atoms with van der Waals surface area (Å²) in [6.07, 6.45) is 5.18. The number of anilines is 1. The van der Waals surface area contributed by atoms with Gasteiger partial charge in [0.05, 0.1) is 41.1 Å². The van der Waals surface area contributed by atoms with Crippen LogP contribution in [0.5, 0.6) is 0 Å². The van der Waals surface area contributed by atoms with Crippen molar-refractivity contribution in [2.45, 2.75) is 44.3 Å². The molecule has 5 heterocycles. The molecule has 59 heavy (non-hydrogen) atoms. The Morgan fingerprint density at radius 1 is 0.780 bits per heavy atom. The summed E-state index contributed by atoms with van der Waals surface area (Å²) in [4.78, 5) is 64.1. The fourth-order valence-electron chi connectivity index (χ4n) is 8.27. The number of hydrogen-bond donors (Lipinski definition) is 2. The van der Waals surface area contributed by atoms with Crippen LogP contribution in [0.3, 0.4) is 0 Å². The van der Waals surface area contributed by atoms with Crippen molar-refractivity contribution in [1.29, 1.82) is 0 Å². The van der Waals surface area contributed by atoms with E-state index in [1.54, 1.807) is 57.3 Å². The van der Waals surface area contributed by atoms with E-state index >= 15 is 4.39 Å². The van der Waals surface area contributed by atoms with Crippen molar-refractivity contribution in [3.05, 3.63) is 123 Å². The molecular formula is C44H46ClFN8O5. The predicted molar refractivity (Wildman–Crippen MR) is 223 cm³/mol. The molecule has 3 aromatic carbocycles. The largest absolute Gasteiger partial charge is 0.397 e. The summed E-state index contributed by atoms with van der Waals surface area (Å²) in [5.41, 5.74) is 9.54. The molecule has 0 saturated carbocycles. The number of ether oxygens (including phenoxy) is 1. The Balaban J connectivity index is 0.759. The van der Waals surface area contributed by atoms with Gasteiger partial charge in [-0.05, 0) is 73.2 Å². The van der Waals surface area contributed by atoms with Crippen LogP contribution in [0.4, 0.5) is 10.1 Å². The molecule has 0 atom stereocenters. The minimum atomic E-state index is -0.611. The number of piperidine rings is 2. The summed E-state index contributed by atoms with van der Waals surface area (Å²) in [5.74, 6) is -1.20. The number of pyridine rings is 1. The van der Waals surface area contributed by atoms with E-state index < -0.39 is 11.7 Å². The molecular weight excluding hydrogens is 775 g/mol. The van der Waals surface area contributed by atoms with Crippen molar-refractivity contribution in [3.8, 4) is 11.1 Å². The Morgan fingerprint density at radius 2 is 1.46 bits per heavy atom. The maximum Gasteiger partial charge on any atom is 0.274 e. The Bertz CT molecular complexity index is 2420. The van der Waals surface area contributed by atoms with Gasteiger partial charge >= 0.3 is 0 Å². The first-order chi connectivity index (χ1) is 28.6. The number of benzene rings is 3. The van der Waals surface area contributed by atoms with E-state index in [-0.39, 0.29) is 40.8 Å². The number of aromatic nitrogens is 3. The lowest BCUT2D eigenvalue weighted by atomic mass is 10.0. The highest BCUT2D eigenvalue weighted by Crippen LogP contribution is 2.27. The molecule has 0 aliphatic carbocycles. The molecule has 8 rings (SSSR count). The second kappa shape index (κ2) is 17.7. The lowest BCUT2D eigenvalue weighted by molar-refractivity contribution is -0.135. The number of hydrogen-bond acceptors (Lipinski definition) is 9. The number of carbonyl (C=O) groups excluding carboxylic acids is 3. The lowest BCUT2D eigenvalue weighted by Crippen LogP contribution is -2.53. The predicted octanol–water partition coefficient (Wildman–Crippen LogP) is 5.02. The molecule has 0 unspecified atom stereocenters. The van der Waals surface area contributed by atoms with Crippen LogP contribution in [0.2, 0.25) is 5.02 Å². The molecule has 0 bridgehead atoms. The van der Waals surface area contributed by atoms with Crippen LogP contribution in [0.15, 0.2) is 83.8 Å². The third kappa shape index (κ3) is 9.14. The van der Waals surface area contributed by atoms with Crippen molar-refractivity contribution in [2.24, 2.45) is 0 Å². The Labute approximate surface area is 345 Å². The summed E-state index contributed by atoms with van der Waals surface area (Å²) < 4.78 is 21.5. The Hall–Kier alpha value is -5.70. The maximum atomic E-state index is 15.0. The maximum absolute atomic E-state index is 15.0. The number of nitrogen functional groups attached to an aromatic ring is 1. The van der Waals surface area contributed by atoms with Gasteiger partial charge in [0.1, 0.15) is 5.82 Å². The van der Waals surface area contributed by atoms with Crippen LogP contribution < -0.4 is 11.3 Å². The van der Waals surface area contributed by atoms with Crippen LogP contribution in [0, 0.1) is 5.82 Å². The standard InChI is InChI=1S/C44H46ClFN8O5/c45-31-5-3-4-29(24-31)30-25-38(47)41(48-26-30)44(58)53-16-12-33(13-17-53)59-32-10-14-51(15-11-32)27-40(55)52-18-20-54(21-19-52)43(57)36-22-28(8-9-37(36)46)23-39-34-6-1-2-7-35(34)42(56)50-49-39/h1-9,22,24-26,32-33H,10-21,23,27,47H2,(H,50,56). The average molecular weight is 821 g/mol. The van der Waals surface area contributed by atoms with E-state index in [9.17, 15) is 19.2 Å². The van der Waals surface area contributed by atoms with Crippen molar-refractivity contribution in [1.82, 2.24) is 34.8 Å². The molecule has 2 aromatic heterocycles. The fraction of sp³-hybridized carbons (Fsp3) is 0.364. The summed E-state index contributed by atoms with van der Waals surface area (Å²) in [6.45, 7) is 4.24. The first kappa shape index (κ1) is 40.1. The normalized spacial score (nSPS) is 17.1. The number of amides is 3. The van der Waals surface area contributed by atoms with Gasteiger partial charge in [-0.3, -0.25) is 24.1 Å². The van der Waals surface area contributed by atoms with E-state index in [0.717, 1.165) is 49.9 Å². The van der Waals surface area contributed by atoms with E-state index in [2.05, 4.69) is 20.1 Å². The SMILES string of the molecule is Nc1cc(-c2cccc(Cl)c2)cnc1C(=O)N1CCC(OC2CCN(CC(=O)N3CCN(C(=O)c4cc(Cc5n[nH]c(=O)c6ccccc56)ccc4F)CC3)CC2)CC1. The van der Waals surface area contributed by atoms with Crippen LogP contribution in [-0.4, -0.2) is 124 Å². The second-order valence-corrected chi connectivity index (χ2v) is 15.9. The highest BCUT2D eigenvalue weighted by molar-refractivity contribution is 6.30. The summed E-state index contributed by atoms with van der Waals surface area (Å²) in [5, 5.41) is 8.57. The molecule has 3 aliphatic rings. The second-order valence-electron chi connectivity index (χ2n) is 15.5. The fourth-order valence-corrected chi connectivity index (χ4v) is 8.46. The first-order valence-corrected chi connectivity index (χ1v) is 20.5. The number of nitrogens with zero attached hydrogens (tertiary/aromatic N) is 6. The Morgan fingerprint density at radius 3 is 2.17 bits per heavy atom. The summed E-state index contributed by atoms with van der Waals surface area (Å²) in [7, 11) is 0. The minimum Gasteiger partial charge on any atom is -0.397 e. The van der Waals surface area contributed by atoms with Gasteiger partial charge in [-0.1, -0.05) is 48.0 Å². The molecule has 3 aliphatic heterocycles. The molecule has 306 valence electrons. The molecule has 3 saturated heterocycles. The highest BCUT2D eigenvalue weighted by Gasteiger charge is 2.31. The molecule has 0 spiro atoms. The number of halogens is 2. The van der Waals surface area contributed by atoms with Crippen molar-refractivity contribution in [2.75, 3.05) is 64.6 Å². The van der Waals surface area contributed by atoms with E-state index in [4.69, 9.17) is 22.1 Å². The quantitative estimate of drug-likeness (QED) is 0.208. The van der Waals surface area contributed by atoms with E-state index in [1.165, 1.54) is 6.07 Å². The molecule has 3 fully saturated rings. The molecule has 13 nitrogen and oxygen atoms in total. The third-order valence-electron chi connectivity index (χ3n) is 11.6. The van der Waals surface area contributed by atoms with Gasteiger partial charge in [-0.2, -0.15) is 5.10 Å².